The van der Waals surface area contributed by atoms with Crippen LogP contribution in [0.5, 0.6) is 0 Å². The van der Waals surface area contributed by atoms with Crippen molar-refractivity contribution in [2.24, 2.45) is 11.7 Å². The van der Waals surface area contributed by atoms with Gasteiger partial charge in [-0.05, 0) is 25.3 Å². The van der Waals surface area contributed by atoms with Crippen molar-refractivity contribution in [3.63, 3.8) is 0 Å². The number of carbonyl (C=O) groups is 2. The molecule has 6 heteroatoms. The van der Waals surface area contributed by atoms with Crippen molar-refractivity contribution in [3.05, 3.63) is 17.0 Å². The maximum absolute atomic E-state index is 11.8. The van der Waals surface area contributed by atoms with Gasteiger partial charge in [0, 0.05) is 6.04 Å². The van der Waals surface area contributed by atoms with Crippen LogP contribution in [0.25, 0.3) is 0 Å². The highest BCUT2D eigenvalue weighted by atomic mass is 32.2. The molecule has 0 radical (unpaired) electrons. The van der Waals surface area contributed by atoms with Gasteiger partial charge in [-0.3, -0.25) is 9.59 Å². The second-order valence-electron chi connectivity index (χ2n) is 3.78. The molecule has 1 heterocycles. The Hall–Kier alpha value is -1.01. The number of rotatable bonds is 5. The summed E-state index contributed by atoms with van der Waals surface area (Å²) in [5.74, 6) is -0.941. The van der Waals surface area contributed by atoms with Crippen molar-refractivity contribution in [3.8, 4) is 0 Å². The van der Waals surface area contributed by atoms with E-state index in [9.17, 15) is 9.59 Å². The van der Waals surface area contributed by atoms with E-state index in [4.69, 9.17) is 5.73 Å². The van der Waals surface area contributed by atoms with Crippen molar-refractivity contribution in [2.75, 3.05) is 6.26 Å². The van der Waals surface area contributed by atoms with Gasteiger partial charge in [-0.1, -0.05) is 6.92 Å². The van der Waals surface area contributed by atoms with E-state index in [0.717, 1.165) is 4.21 Å². The third-order valence-corrected chi connectivity index (χ3v) is 4.73. The molecule has 4 nitrogen and oxygen atoms in total. The number of nitrogens with one attached hydrogen (secondary N) is 1. The highest BCUT2D eigenvalue weighted by Gasteiger charge is 2.20. The topological polar surface area (TPSA) is 72.2 Å². The van der Waals surface area contributed by atoms with Crippen molar-refractivity contribution in [1.82, 2.24) is 5.32 Å². The molecule has 2 atom stereocenters. The van der Waals surface area contributed by atoms with Gasteiger partial charge in [-0.2, -0.15) is 0 Å². The van der Waals surface area contributed by atoms with Crippen LogP contribution in [0, 0.1) is 5.92 Å². The van der Waals surface area contributed by atoms with Crippen LogP contribution in [-0.4, -0.2) is 24.1 Å². The lowest BCUT2D eigenvalue weighted by atomic mass is 10.0. The molecule has 0 saturated heterocycles. The van der Waals surface area contributed by atoms with Gasteiger partial charge in [0.25, 0.3) is 5.91 Å². The molecule has 0 aliphatic carbocycles. The average Bonchev–Trinajstić information content (AvgIpc) is 2.76. The first-order chi connectivity index (χ1) is 7.95. The summed E-state index contributed by atoms with van der Waals surface area (Å²) in [4.78, 5) is 23.5. The number of carbonyl (C=O) groups excluding carboxylic acids is 2. The third kappa shape index (κ3) is 3.74. The zero-order chi connectivity index (χ0) is 13.0. The van der Waals surface area contributed by atoms with E-state index in [1.54, 1.807) is 31.7 Å². The summed E-state index contributed by atoms with van der Waals surface area (Å²) in [5, 5.41) is 2.78. The fourth-order valence-electron chi connectivity index (χ4n) is 1.20. The smallest absolute Gasteiger partial charge is 0.261 e. The lowest BCUT2D eigenvalue weighted by Gasteiger charge is -2.17. The summed E-state index contributed by atoms with van der Waals surface area (Å²) >= 11 is 3.04. The Morgan fingerprint density at radius 2 is 2.06 bits per heavy atom. The van der Waals surface area contributed by atoms with Gasteiger partial charge in [0.05, 0.1) is 15.0 Å². The van der Waals surface area contributed by atoms with Crippen molar-refractivity contribution in [1.29, 1.82) is 0 Å². The summed E-state index contributed by atoms with van der Waals surface area (Å²) in [6, 6.07) is 3.43. The van der Waals surface area contributed by atoms with Crippen LogP contribution in [0.4, 0.5) is 0 Å². The number of thioether (sulfide) groups is 1. The van der Waals surface area contributed by atoms with E-state index in [1.807, 2.05) is 12.3 Å². The number of thiophene rings is 1. The zero-order valence-corrected chi connectivity index (χ0v) is 11.7. The summed E-state index contributed by atoms with van der Waals surface area (Å²) < 4.78 is 1.09. The fourth-order valence-corrected chi connectivity index (χ4v) is 2.65. The minimum atomic E-state index is -0.409. The standard InChI is InChI=1S/C11H16N2O2S2/c1-6(10(12)14)7(2)13-11(15)8-4-5-9(16-3)17-8/h4-7H,1-3H3,(H2,12,14)(H,13,15). The number of nitrogens with two attached hydrogens (primary N) is 1. The molecule has 0 aliphatic rings. The SMILES string of the molecule is CSc1ccc(C(=O)NC(C)C(C)C(N)=O)s1. The Morgan fingerprint density at radius 1 is 1.41 bits per heavy atom. The Kier molecular flexibility index (Phi) is 5.02. The van der Waals surface area contributed by atoms with E-state index >= 15 is 0 Å². The Labute approximate surface area is 109 Å². The monoisotopic (exact) mass is 272 g/mol. The van der Waals surface area contributed by atoms with Gasteiger partial charge in [0.1, 0.15) is 0 Å². The first kappa shape index (κ1) is 14.1. The lowest BCUT2D eigenvalue weighted by Crippen LogP contribution is -2.42. The molecule has 1 aromatic rings. The first-order valence-corrected chi connectivity index (χ1v) is 7.23. The molecule has 2 unspecified atom stereocenters. The molecule has 0 spiro atoms. The molecule has 3 N–H and O–H groups in total. The highest BCUT2D eigenvalue weighted by molar-refractivity contribution is 8.00. The average molecular weight is 272 g/mol. The predicted octanol–water partition coefficient (Wildman–Crippen LogP) is 1.71. The minimum Gasteiger partial charge on any atom is -0.369 e. The summed E-state index contributed by atoms with van der Waals surface area (Å²) in [5.41, 5.74) is 5.19. The molecular weight excluding hydrogens is 256 g/mol. The van der Waals surface area contributed by atoms with Gasteiger partial charge >= 0.3 is 0 Å². The molecule has 1 rings (SSSR count). The molecule has 0 saturated carbocycles. The molecule has 2 amide bonds. The lowest BCUT2D eigenvalue weighted by molar-refractivity contribution is -0.121. The highest BCUT2D eigenvalue weighted by Crippen LogP contribution is 2.25. The van der Waals surface area contributed by atoms with Crippen molar-refractivity contribution >= 4 is 34.9 Å². The molecule has 1 aromatic heterocycles. The van der Waals surface area contributed by atoms with Crippen LogP contribution in [0.3, 0.4) is 0 Å². The number of hydrogen-bond acceptors (Lipinski definition) is 4. The maximum Gasteiger partial charge on any atom is 0.261 e. The second kappa shape index (κ2) is 6.07. The summed E-state index contributed by atoms with van der Waals surface area (Å²) in [6.45, 7) is 3.48. The number of amides is 2. The second-order valence-corrected chi connectivity index (χ2v) is 5.97. The minimum absolute atomic E-state index is 0.157. The van der Waals surface area contributed by atoms with E-state index in [-0.39, 0.29) is 17.9 Å². The maximum atomic E-state index is 11.8. The Morgan fingerprint density at radius 3 is 2.53 bits per heavy atom. The molecule has 17 heavy (non-hydrogen) atoms. The number of hydrogen-bond donors (Lipinski definition) is 2. The number of primary amides is 1. The van der Waals surface area contributed by atoms with E-state index < -0.39 is 5.91 Å². The van der Waals surface area contributed by atoms with Gasteiger partial charge in [0.15, 0.2) is 0 Å². The van der Waals surface area contributed by atoms with Gasteiger partial charge in [-0.25, -0.2) is 0 Å². The zero-order valence-electron chi connectivity index (χ0n) is 10.0. The normalized spacial score (nSPS) is 14.1. The van der Waals surface area contributed by atoms with Gasteiger partial charge in [0.2, 0.25) is 5.91 Å². The van der Waals surface area contributed by atoms with Crippen LogP contribution in [0.2, 0.25) is 0 Å². The van der Waals surface area contributed by atoms with Crippen molar-refractivity contribution < 1.29 is 9.59 Å². The largest absolute Gasteiger partial charge is 0.369 e. The molecule has 0 aromatic carbocycles. The Balaban J connectivity index is 2.63. The fraction of sp³-hybridized carbons (Fsp3) is 0.455. The summed E-state index contributed by atoms with van der Waals surface area (Å²) in [7, 11) is 0. The van der Waals surface area contributed by atoms with E-state index in [1.165, 1.54) is 11.3 Å². The Bertz CT molecular complexity index is 417. The van der Waals surface area contributed by atoms with E-state index in [2.05, 4.69) is 5.32 Å². The quantitative estimate of drug-likeness (QED) is 0.802. The molecule has 0 bridgehead atoms. The van der Waals surface area contributed by atoms with Crippen LogP contribution in [-0.2, 0) is 4.79 Å². The molecule has 0 fully saturated rings. The van der Waals surface area contributed by atoms with Gasteiger partial charge < -0.3 is 11.1 Å². The third-order valence-electron chi connectivity index (χ3n) is 2.56. The van der Waals surface area contributed by atoms with Gasteiger partial charge in [-0.15, -0.1) is 23.1 Å². The molecular formula is C11H16N2O2S2. The summed E-state index contributed by atoms with van der Waals surface area (Å²) in [6.07, 6.45) is 1.96. The first-order valence-electron chi connectivity index (χ1n) is 5.19. The van der Waals surface area contributed by atoms with Crippen LogP contribution in [0.1, 0.15) is 23.5 Å². The van der Waals surface area contributed by atoms with Crippen LogP contribution < -0.4 is 11.1 Å². The van der Waals surface area contributed by atoms with E-state index in [0.29, 0.717) is 4.88 Å². The molecule has 94 valence electrons. The van der Waals surface area contributed by atoms with Crippen LogP contribution in [0.15, 0.2) is 16.3 Å². The molecule has 0 aliphatic heterocycles. The predicted molar refractivity (Wildman–Crippen MR) is 71.4 cm³/mol. The van der Waals surface area contributed by atoms with Crippen molar-refractivity contribution in [2.45, 2.75) is 24.1 Å². The van der Waals surface area contributed by atoms with Crippen LogP contribution >= 0.6 is 23.1 Å².